The summed E-state index contributed by atoms with van der Waals surface area (Å²) in [5.41, 5.74) is 6.65. The van der Waals surface area contributed by atoms with Gasteiger partial charge in [0.15, 0.2) is 0 Å². The predicted molar refractivity (Wildman–Crippen MR) is 64.8 cm³/mol. The SMILES string of the molecule is Nc1c(Br)cnn1Cc1ccc(C(F)F)cc1. The molecule has 0 amide bonds. The first-order chi connectivity index (χ1) is 8.08. The smallest absolute Gasteiger partial charge is 0.263 e. The van der Waals surface area contributed by atoms with E-state index in [0.29, 0.717) is 12.4 Å². The molecule has 0 unspecified atom stereocenters. The zero-order chi connectivity index (χ0) is 12.4. The Bertz CT molecular complexity index is 508. The van der Waals surface area contributed by atoms with Crippen molar-refractivity contribution >= 4 is 21.7 Å². The van der Waals surface area contributed by atoms with Crippen LogP contribution in [0.25, 0.3) is 0 Å². The van der Waals surface area contributed by atoms with Gasteiger partial charge in [-0.2, -0.15) is 5.10 Å². The summed E-state index contributed by atoms with van der Waals surface area (Å²) in [6.45, 7) is 0.459. The van der Waals surface area contributed by atoms with Gasteiger partial charge in [0.05, 0.1) is 17.2 Å². The first-order valence-corrected chi connectivity index (χ1v) is 5.71. The van der Waals surface area contributed by atoms with E-state index in [9.17, 15) is 8.78 Å². The van der Waals surface area contributed by atoms with E-state index < -0.39 is 6.43 Å². The third-order valence-electron chi connectivity index (χ3n) is 2.40. The molecule has 2 N–H and O–H groups in total. The molecule has 0 aliphatic heterocycles. The van der Waals surface area contributed by atoms with Crippen LogP contribution < -0.4 is 5.73 Å². The number of nitrogens with two attached hydrogens (primary N) is 1. The van der Waals surface area contributed by atoms with Crippen LogP contribution in [0.5, 0.6) is 0 Å². The first kappa shape index (κ1) is 12.0. The van der Waals surface area contributed by atoms with Crippen LogP contribution in [0.1, 0.15) is 17.6 Å². The van der Waals surface area contributed by atoms with Gasteiger partial charge in [-0.3, -0.25) is 0 Å². The highest BCUT2D eigenvalue weighted by atomic mass is 79.9. The minimum absolute atomic E-state index is 0.0170. The van der Waals surface area contributed by atoms with Gasteiger partial charge in [-0.15, -0.1) is 0 Å². The number of aromatic nitrogens is 2. The van der Waals surface area contributed by atoms with E-state index in [-0.39, 0.29) is 5.56 Å². The first-order valence-electron chi connectivity index (χ1n) is 4.91. The van der Waals surface area contributed by atoms with E-state index in [1.807, 2.05) is 0 Å². The number of rotatable bonds is 3. The Kier molecular flexibility index (Phi) is 3.42. The minimum atomic E-state index is -2.44. The third-order valence-corrected chi connectivity index (χ3v) is 3.01. The minimum Gasteiger partial charge on any atom is -0.383 e. The lowest BCUT2D eigenvalue weighted by atomic mass is 10.1. The molecule has 0 aliphatic rings. The normalized spacial score (nSPS) is 11.1. The fourth-order valence-electron chi connectivity index (χ4n) is 1.44. The van der Waals surface area contributed by atoms with Gasteiger partial charge < -0.3 is 5.73 Å². The molecule has 1 aromatic heterocycles. The van der Waals surface area contributed by atoms with Crippen LogP contribution in [0.4, 0.5) is 14.6 Å². The van der Waals surface area contributed by atoms with Crippen molar-refractivity contribution in [1.82, 2.24) is 9.78 Å². The highest BCUT2D eigenvalue weighted by Gasteiger charge is 2.08. The summed E-state index contributed by atoms with van der Waals surface area (Å²) in [6, 6.07) is 6.12. The van der Waals surface area contributed by atoms with Crippen LogP contribution in [0.15, 0.2) is 34.9 Å². The summed E-state index contributed by atoms with van der Waals surface area (Å²) in [4.78, 5) is 0. The van der Waals surface area contributed by atoms with E-state index in [4.69, 9.17) is 5.73 Å². The summed E-state index contributed by atoms with van der Waals surface area (Å²) < 4.78 is 27.0. The summed E-state index contributed by atoms with van der Waals surface area (Å²) >= 11 is 3.25. The molecule has 3 nitrogen and oxygen atoms in total. The summed E-state index contributed by atoms with van der Waals surface area (Å²) in [5, 5.41) is 4.06. The van der Waals surface area contributed by atoms with Crippen LogP contribution in [0.2, 0.25) is 0 Å². The van der Waals surface area contributed by atoms with Gasteiger partial charge in [0.1, 0.15) is 5.82 Å². The van der Waals surface area contributed by atoms with Crippen LogP contribution >= 0.6 is 15.9 Å². The predicted octanol–water partition coefficient (Wildman–Crippen LogP) is 3.21. The van der Waals surface area contributed by atoms with Crippen molar-refractivity contribution in [1.29, 1.82) is 0 Å². The fraction of sp³-hybridized carbons (Fsp3) is 0.182. The summed E-state index contributed by atoms with van der Waals surface area (Å²) in [5.74, 6) is 0.517. The number of hydrogen-bond donors (Lipinski definition) is 1. The number of nitrogen functional groups attached to an aromatic ring is 1. The molecule has 1 aromatic carbocycles. The molecule has 0 saturated heterocycles. The van der Waals surface area contributed by atoms with Gasteiger partial charge in [0.25, 0.3) is 6.43 Å². The third kappa shape index (κ3) is 2.63. The molecule has 0 spiro atoms. The second-order valence-electron chi connectivity index (χ2n) is 3.58. The van der Waals surface area contributed by atoms with Gasteiger partial charge in [0.2, 0.25) is 0 Å². The molecule has 1 heterocycles. The Morgan fingerprint density at radius 2 is 1.94 bits per heavy atom. The Morgan fingerprint density at radius 3 is 2.41 bits per heavy atom. The number of anilines is 1. The van der Waals surface area contributed by atoms with Gasteiger partial charge >= 0.3 is 0 Å². The lowest BCUT2D eigenvalue weighted by Gasteiger charge is -2.05. The molecular weight excluding hydrogens is 292 g/mol. The zero-order valence-electron chi connectivity index (χ0n) is 8.78. The summed E-state index contributed by atoms with van der Waals surface area (Å²) in [6.07, 6.45) is -0.837. The van der Waals surface area contributed by atoms with Gasteiger partial charge in [-0.05, 0) is 21.5 Å². The maximum absolute atomic E-state index is 12.3. The molecular formula is C11H10BrF2N3. The van der Waals surface area contributed by atoms with Crippen LogP contribution in [0, 0.1) is 0 Å². The van der Waals surface area contributed by atoms with E-state index in [2.05, 4.69) is 21.0 Å². The number of benzene rings is 1. The molecule has 0 atom stereocenters. The highest BCUT2D eigenvalue weighted by Crippen LogP contribution is 2.21. The molecule has 0 bridgehead atoms. The monoisotopic (exact) mass is 301 g/mol. The molecule has 6 heteroatoms. The molecule has 0 saturated carbocycles. The quantitative estimate of drug-likeness (QED) is 0.946. The standard InChI is InChI=1S/C11H10BrF2N3/c12-9-5-16-17(11(9)15)6-7-1-3-8(4-2-7)10(13)14/h1-5,10H,6,15H2. The van der Waals surface area contributed by atoms with E-state index in [0.717, 1.165) is 10.0 Å². The van der Waals surface area contributed by atoms with Crippen LogP contribution in [-0.4, -0.2) is 9.78 Å². The molecule has 17 heavy (non-hydrogen) atoms. The number of alkyl halides is 2. The van der Waals surface area contributed by atoms with Gasteiger partial charge in [0, 0.05) is 5.56 Å². The van der Waals surface area contributed by atoms with Crippen molar-refractivity contribution in [3.63, 3.8) is 0 Å². The topological polar surface area (TPSA) is 43.8 Å². The maximum atomic E-state index is 12.3. The van der Waals surface area contributed by atoms with Crippen molar-refractivity contribution in [2.24, 2.45) is 0 Å². The lowest BCUT2D eigenvalue weighted by Crippen LogP contribution is -2.05. The van der Waals surface area contributed by atoms with Crippen LogP contribution in [0.3, 0.4) is 0 Å². The van der Waals surface area contributed by atoms with Crippen molar-refractivity contribution < 1.29 is 8.78 Å². The van der Waals surface area contributed by atoms with Crippen molar-refractivity contribution in [2.45, 2.75) is 13.0 Å². The zero-order valence-corrected chi connectivity index (χ0v) is 10.4. The van der Waals surface area contributed by atoms with Crippen LogP contribution in [-0.2, 0) is 6.54 Å². The highest BCUT2D eigenvalue weighted by molar-refractivity contribution is 9.10. The van der Waals surface area contributed by atoms with Crippen molar-refractivity contribution in [2.75, 3.05) is 5.73 Å². The molecule has 0 radical (unpaired) electrons. The van der Waals surface area contributed by atoms with Crippen molar-refractivity contribution in [3.8, 4) is 0 Å². The molecule has 0 fully saturated rings. The fourth-order valence-corrected chi connectivity index (χ4v) is 1.74. The van der Waals surface area contributed by atoms with Gasteiger partial charge in [-0.1, -0.05) is 24.3 Å². The number of nitrogens with zero attached hydrogens (tertiary/aromatic N) is 2. The Balaban J connectivity index is 2.17. The van der Waals surface area contributed by atoms with E-state index >= 15 is 0 Å². The number of halogens is 3. The molecule has 2 rings (SSSR count). The Morgan fingerprint density at radius 1 is 1.29 bits per heavy atom. The molecule has 90 valence electrons. The lowest BCUT2D eigenvalue weighted by molar-refractivity contribution is 0.151. The Labute approximate surface area is 105 Å². The number of hydrogen-bond acceptors (Lipinski definition) is 2. The molecule has 0 aliphatic carbocycles. The molecule has 2 aromatic rings. The summed E-state index contributed by atoms with van der Waals surface area (Å²) in [7, 11) is 0. The van der Waals surface area contributed by atoms with E-state index in [1.54, 1.807) is 23.0 Å². The van der Waals surface area contributed by atoms with E-state index in [1.165, 1.54) is 12.1 Å². The maximum Gasteiger partial charge on any atom is 0.263 e. The average molecular weight is 302 g/mol. The van der Waals surface area contributed by atoms with Gasteiger partial charge in [-0.25, -0.2) is 13.5 Å². The Hall–Kier alpha value is -1.43. The second-order valence-corrected chi connectivity index (χ2v) is 4.43. The average Bonchev–Trinajstić information content (AvgIpc) is 2.62. The van der Waals surface area contributed by atoms with Crippen molar-refractivity contribution in [3.05, 3.63) is 46.1 Å². The second kappa shape index (κ2) is 4.83. The largest absolute Gasteiger partial charge is 0.383 e.